The van der Waals surface area contributed by atoms with Gasteiger partial charge in [-0.3, -0.25) is 4.79 Å². The molecule has 2 amide bonds. The van der Waals surface area contributed by atoms with E-state index in [0.29, 0.717) is 38.9 Å². The molecule has 2 fully saturated rings. The van der Waals surface area contributed by atoms with Crippen LogP contribution in [0.15, 0.2) is 24.3 Å². The molecule has 2 atom stereocenters. The highest BCUT2D eigenvalue weighted by Gasteiger charge is 2.36. The summed E-state index contributed by atoms with van der Waals surface area (Å²) in [6, 6.07) is 5.33. The fourth-order valence-electron chi connectivity index (χ4n) is 3.97. The summed E-state index contributed by atoms with van der Waals surface area (Å²) in [5.74, 6) is -0.983. The molecule has 7 nitrogen and oxygen atoms in total. The standard InChI is InChI=1S/C20H25F3N2O5/c1-13(26)29-18-10-15(14-2-4-17(5-3-14)30-20(21,22)23)11-25(12-18)19(28)24-8-6-16(27)7-9-24/h2-5,15-16,18,27H,6-12H2,1H3. The molecule has 1 aromatic rings. The number of ether oxygens (including phenoxy) is 2. The van der Waals surface area contributed by atoms with Gasteiger partial charge in [-0.1, -0.05) is 12.1 Å². The van der Waals surface area contributed by atoms with Gasteiger partial charge in [-0.25, -0.2) is 4.79 Å². The minimum atomic E-state index is -4.77. The Morgan fingerprint density at radius 2 is 1.70 bits per heavy atom. The number of amides is 2. The minimum Gasteiger partial charge on any atom is -0.461 e. The highest BCUT2D eigenvalue weighted by atomic mass is 19.4. The molecule has 30 heavy (non-hydrogen) atoms. The van der Waals surface area contributed by atoms with Crippen LogP contribution in [-0.2, 0) is 9.53 Å². The van der Waals surface area contributed by atoms with E-state index in [1.165, 1.54) is 31.2 Å². The fraction of sp³-hybridized carbons (Fsp3) is 0.600. The van der Waals surface area contributed by atoms with Crippen molar-refractivity contribution in [2.75, 3.05) is 26.2 Å². The van der Waals surface area contributed by atoms with Crippen LogP contribution in [0.5, 0.6) is 5.75 Å². The third-order valence-corrected chi connectivity index (χ3v) is 5.34. The second kappa shape index (κ2) is 9.11. The minimum absolute atomic E-state index is 0.194. The monoisotopic (exact) mass is 430 g/mol. The van der Waals surface area contributed by atoms with Crippen LogP contribution in [0.1, 0.15) is 37.7 Å². The van der Waals surface area contributed by atoms with E-state index in [1.54, 1.807) is 9.80 Å². The second-order valence-corrected chi connectivity index (χ2v) is 7.69. The molecule has 2 saturated heterocycles. The highest BCUT2D eigenvalue weighted by Crippen LogP contribution is 2.32. The van der Waals surface area contributed by atoms with Crippen LogP contribution in [0.3, 0.4) is 0 Å². The summed E-state index contributed by atoms with van der Waals surface area (Å²) in [6.07, 6.45) is -4.20. The number of benzene rings is 1. The lowest BCUT2D eigenvalue weighted by atomic mass is 9.89. The molecule has 2 unspecified atom stereocenters. The Balaban J connectivity index is 1.73. The third kappa shape index (κ3) is 6.01. The van der Waals surface area contributed by atoms with E-state index < -0.39 is 24.5 Å². The molecule has 166 valence electrons. The van der Waals surface area contributed by atoms with Gasteiger partial charge in [0.15, 0.2) is 0 Å². The zero-order chi connectivity index (χ0) is 21.9. The summed E-state index contributed by atoms with van der Waals surface area (Å²) < 4.78 is 46.4. The SMILES string of the molecule is CC(=O)OC1CC(c2ccc(OC(F)(F)F)cc2)CN(C(=O)N2CCC(O)CC2)C1. The summed E-state index contributed by atoms with van der Waals surface area (Å²) in [6.45, 7) is 2.80. The Labute approximate surface area is 172 Å². The highest BCUT2D eigenvalue weighted by molar-refractivity contribution is 5.75. The zero-order valence-electron chi connectivity index (χ0n) is 16.6. The predicted molar refractivity (Wildman–Crippen MR) is 99.8 cm³/mol. The molecule has 3 rings (SSSR count). The Hall–Kier alpha value is -2.49. The molecular formula is C20H25F3N2O5. The number of hydrogen-bond acceptors (Lipinski definition) is 5. The predicted octanol–water partition coefficient (Wildman–Crippen LogP) is 2.88. The van der Waals surface area contributed by atoms with Crippen molar-refractivity contribution in [2.45, 2.75) is 50.7 Å². The van der Waals surface area contributed by atoms with E-state index >= 15 is 0 Å². The number of aliphatic hydroxyl groups excluding tert-OH is 1. The van der Waals surface area contributed by atoms with Crippen molar-refractivity contribution in [2.24, 2.45) is 0 Å². The van der Waals surface area contributed by atoms with E-state index in [-0.39, 0.29) is 24.2 Å². The molecule has 2 aliphatic heterocycles. The zero-order valence-corrected chi connectivity index (χ0v) is 16.6. The smallest absolute Gasteiger partial charge is 0.461 e. The topological polar surface area (TPSA) is 79.3 Å². The average molecular weight is 430 g/mol. The molecule has 10 heteroatoms. The summed E-state index contributed by atoms with van der Waals surface area (Å²) in [5, 5.41) is 9.65. The molecule has 0 bridgehead atoms. The Morgan fingerprint density at radius 3 is 2.27 bits per heavy atom. The fourth-order valence-corrected chi connectivity index (χ4v) is 3.97. The van der Waals surface area contributed by atoms with Crippen molar-refractivity contribution in [3.8, 4) is 5.75 Å². The van der Waals surface area contributed by atoms with E-state index in [2.05, 4.69) is 4.74 Å². The molecular weight excluding hydrogens is 405 g/mol. The number of alkyl halides is 3. The summed E-state index contributed by atoms with van der Waals surface area (Å²) in [5.41, 5.74) is 0.730. The van der Waals surface area contributed by atoms with Crippen LogP contribution in [-0.4, -0.2) is 71.7 Å². The van der Waals surface area contributed by atoms with Crippen LogP contribution in [0.4, 0.5) is 18.0 Å². The first-order chi connectivity index (χ1) is 14.1. The van der Waals surface area contributed by atoms with E-state index in [0.717, 1.165) is 5.56 Å². The number of rotatable bonds is 3. The third-order valence-electron chi connectivity index (χ3n) is 5.34. The van der Waals surface area contributed by atoms with Crippen LogP contribution in [0.25, 0.3) is 0 Å². The molecule has 0 aliphatic carbocycles. The number of hydrogen-bond donors (Lipinski definition) is 1. The molecule has 2 heterocycles. The number of carbonyl (C=O) groups is 2. The maximum Gasteiger partial charge on any atom is 0.573 e. The lowest BCUT2D eigenvalue weighted by molar-refractivity contribution is -0.274. The number of urea groups is 1. The summed E-state index contributed by atoms with van der Waals surface area (Å²) in [7, 11) is 0. The van der Waals surface area contributed by atoms with Gasteiger partial charge in [-0.2, -0.15) is 0 Å². The molecule has 0 spiro atoms. The Morgan fingerprint density at radius 1 is 1.07 bits per heavy atom. The van der Waals surface area contributed by atoms with Crippen LogP contribution in [0, 0.1) is 0 Å². The maximum absolute atomic E-state index is 13.0. The van der Waals surface area contributed by atoms with Crippen molar-refractivity contribution in [3.63, 3.8) is 0 Å². The van der Waals surface area contributed by atoms with E-state index in [4.69, 9.17) is 4.74 Å². The molecule has 0 saturated carbocycles. The van der Waals surface area contributed by atoms with Gasteiger partial charge in [0.25, 0.3) is 0 Å². The average Bonchev–Trinajstić information content (AvgIpc) is 2.66. The van der Waals surface area contributed by atoms with Crippen molar-refractivity contribution in [1.29, 1.82) is 0 Å². The van der Waals surface area contributed by atoms with Gasteiger partial charge in [0.05, 0.1) is 12.6 Å². The van der Waals surface area contributed by atoms with E-state index in [1.807, 2.05) is 0 Å². The first-order valence-corrected chi connectivity index (χ1v) is 9.85. The Bertz CT molecular complexity index is 748. The number of nitrogens with zero attached hydrogens (tertiary/aromatic N) is 2. The number of carbonyl (C=O) groups excluding carboxylic acids is 2. The number of halogens is 3. The lowest BCUT2D eigenvalue weighted by Gasteiger charge is -2.41. The first-order valence-electron chi connectivity index (χ1n) is 9.85. The molecule has 0 aromatic heterocycles. The van der Waals surface area contributed by atoms with Crippen molar-refractivity contribution in [3.05, 3.63) is 29.8 Å². The number of piperidine rings is 2. The first kappa shape index (κ1) is 22.2. The molecule has 2 aliphatic rings. The van der Waals surface area contributed by atoms with Gasteiger partial charge in [-0.15, -0.1) is 13.2 Å². The van der Waals surface area contributed by atoms with Gasteiger partial charge < -0.3 is 24.4 Å². The van der Waals surface area contributed by atoms with E-state index in [9.17, 15) is 27.9 Å². The van der Waals surface area contributed by atoms with Crippen molar-refractivity contribution in [1.82, 2.24) is 9.80 Å². The van der Waals surface area contributed by atoms with Gasteiger partial charge in [0, 0.05) is 32.5 Å². The van der Waals surface area contributed by atoms with Gasteiger partial charge in [0.2, 0.25) is 0 Å². The van der Waals surface area contributed by atoms with Crippen LogP contribution >= 0.6 is 0 Å². The van der Waals surface area contributed by atoms with Crippen molar-refractivity contribution < 1.29 is 37.3 Å². The molecule has 1 aromatic carbocycles. The molecule has 0 radical (unpaired) electrons. The number of likely N-dealkylation sites (tertiary alicyclic amines) is 2. The summed E-state index contributed by atoms with van der Waals surface area (Å²) in [4.78, 5) is 27.7. The normalized spacial score (nSPS) is 23.2. The second-order valence-electron chi connectivity index (χ2n) is 7.69. The van der Waals surface area contributed by atoms with Crippen LogP contribution in [0.2, 0.25) is 0 Å². The van der Waals surface area contributed by atoms with Gasteiger partial charge in [0.1, 0.15) is 11.9 Å². The number of aliphatic hydroxyl groups is 1. The van der Waals surface area contributed by atoms with Gasteiger partial charge >= 0.3 is 18.4 Å². The quantitative estimate of drug-likeness (QED) is 0.746. The van der Waals surface area contributed by atoms with Crippen LogP contribution < -0.4 is 4.74 Å². The number of esters is 1. The molecule has 1 N–H and O–H groups in total. The largest absolute Gasteiger partial charge is 0.573 e. The summed E-state index contributed by atoms with van der Waals surface area (Å²) >= 11 is 0. The van der Waals surface area contributed by atoms with Crippen molar-refractivity contribution >= 4 is 12.0 Å². The maximum atomic E-state index is 13.0. The Kier molecular flexibility index (Phi) is 6.74. The van der Waals surface area contributed by atoms with Gasteiger partial charge in [-0.05, 0) is 37.0 Å². The lowest BCUT2D eigenvalue weighted by Crippen LogP contribution is -2.53.